The first-order valence-corrected chi connectivity index (χ1v) is 11.2. The minimum Gasteiger partial charge on any atom is -0.493 e. The van der Waals surface area contributed by atoms with Gasteiger partial charge < -0.3 is 19.7 Å². The van der Waals surface area contributed by atoms with E-state index in [1.807, 2.05) is 49.4 Å². The van der Waals surface area contributed by atoms with Crippen LogP contribution in [-0.4, -0.2) is 38.2 Å². The van der Waals surface area contributed by atoms with Crippen LogP contribution in [0, 0.1) is 5.92 Å². The minimum atomic E-state index is -0.611. The van der Waals surface area contributed by atoms with Crippen molar-refractivity contribution in [2.45, 2.75) is 31.7 Å². The van der Waals surface area contributed by atoms with E-state index in [1.165, 1.54) is 0 Å². The smallest absolute Gasteiger partial charge is 0.309 e. The van der Waals surface area contributed by atoms with Crippen LogP contribution in [0.4, 0.5) is 5.69 Å². The summed E-state index contributed by atoms with van der Waals surface area (Å²) in [7, 11) is 0. The third-order valence-corrected chi connectivity index (χ3v) is 6.23. The first kappa shape index (κ1) is 21.5. The fourth-order valence-electron chi connectivity index (χ4n) is 4.10. The Balaban J connectivity index is 1.33. The quantitative estimate of drug-likeness (QED) is 0.415. The summed E-state index contributed by atoms with van der Waals surface area (Å²) in [6.45, 7) is 4.52. The normalized spacial score (nSPS) is 16.9. The zero-order valence-electron chi connectivity index (χ0n) is 17.6. The lowest BCUT2D eigenvalue weighted by atomic mass is 9.96. The Morgan fingerprint density at radius 1 is 1.19 bits per heavy atom. The first-order chi connectivity index (χ1) is 15.0. The molecule has 2 aliphatic rings. The predicted octanol–water partition coefficient (Wildman–Crippen LogP) is 4.07. The standard InChI is InChI=1S/C24H27ClN2O4/c1-2-30-24(29)17-9-12-27(13-10-17)20-6-3-16(4-7-20)23(28)26-22(25)19-5-8-21-18(15-19)11-14-31-21/h3-8,15,17,22H,2,9-14H2,1H3,(H,26,28). The number of amides is 1. The SMILES string of the molecule is CCOC(=O)C1CCN(c2ccc(C(=O)NC(Cl)c3ccc4c(c3)CCO4)cc2)CC1. The van der Waals surface area contributed by atoms with E-state index in [0.717, 1.165) is 54.9 Å². The molecule has 2 heterocycles. The molecule has 2 aromatic rings. The number of alkyl halides is 1. The van der Waals surface area contributed by atoms with Gasteiger partial charge in [-0.15, -0.1) is 0 Å². The maximum absolute atomic E-state index is 12.6. The van der Waals surface area contributed by atoms with Crippen molar-refractivity contribution in [2.24, 2.45) is 5.92 Å². The Morgan fingerprint density at radius 2 is 1.94 bits per heavy atom. The van der Waals surface area contributed by atoms with Crippen LogP contribution in [0.15, 0.2) is 42.5 Å². The number of piperidine rings is 1. The summed E-state index contributed by atoms with van der Waals surface area (Å²) >= 11 is 6.45. The van der Waals surface area contributed by atoms with E-state index in [1.54, 1.807) is 0 Å². The van der Waals surface area contributed by atoms with Crippen molar-refractivity contribution in [1.29, 1.82) is 0 Å². The summed E-state index contributed by atoms with van der Waals surface area (Å²) in [4.78, 5) is 26.8. The zero-order valence-corrected chi connectivity index (χ0v) is 18.4. The molecule has 1 fully saturated rings. The molecule has 2 aromatic carbocycles. The van der Waals surface area contributed by atoms with Crippen molar-refractivity contribution in [3.8, 4) is 5.75 Å². The van der Waals surface area contributed by atoms with E-state index in [4.69, 9.17) is 21.1 Å². The Hall–Kier alpha value is -2.73. The highest BCUT2D eigenvalue weighted by molar-refractivity contribution is 6.22. The Kier molecular flexibility index (Phi) is 6.66. The van der Waals surface area contributed by atoms with Crippen molar-refractivity contribution >= 4 is 29.2 Å². The fourth-order valence-corrected chi connectivity index (χ4v) is 4.34. The van der Waals surface area contributed by atoms with Gasteiger partial charge in [0, 0.05) is 30.8 Å². The highest BCUT2D eigenvalue weighted by Gasteiger charge is 2.26. The molecule has 0 spiro atoms. The largest absolute Gasteiger partial charge is 0.493 e. The first-order valence-electron chi connectivity index (χ1n) is 10.8. The van der Waals surface area contributed by atoms with Crippen molar-refractivity contribution in [2.75, 3.05) is 31.2 Å². The molecule has 2 aliphatic heterocycles. The van der Waals surface area contributed by atoms with Crippen LogP contribution in [0.5, 0.6) is 5.75 Å². The molecule has 1 unspecified atom stereocenters. The molecule has 7 heteroatoms. The van der Waals surface area contributed by atoms with Gasteiger partial charge in [-0.3, -0.25) is 9.59 Å². The van der Waals surface area contributed by atoms with Gasteiger partial charge in [-0.2, -0.15) is 0 Å². The fraction of sp³-hybridized carbons (Fsp3) is 0.417. The van der Waals surface area contributed by atoms with Gasteiger partial charge in [-0.05, 0) is 67.3 Å². The number of rotatable bonds is 6. The predicted molar refractivity (Wildman–Crippen MR) is 120 cm³/mol. The van der Waals surface area contributed by atoms with Gasteiger partial charge in [0.25, 0.3) is 5.91 Å². The van der Waals surface area contributed by atoms with Crippen molar-refractivity contribution in [3.05, 3.63) is 59.2 Å². The molecule has 1 atom stereocenters. The number of ether oxygens (including phenoxy) is 2. The number of anilines is 1. The third-order valence-electron chi connectivity index (χ3n) is 5.87. The van der Waals surface area contributed by atoms with Gasteiger partial charge in [-0.25, -0.2) is 0 Å². The van der Waals surface area contributed by atoms with Crippen molar-refractivity contribution in [3.63, 3.8) is 0 Å². The van der Waals surface area contributed by atoms with Crippen LogP contribution in [0.25, 0.3) is 0 Å². The Labute approximate surface area is 187 Å². The monoisotopic (exact) mass is 442 g/mol. The van der Waals surface area contributed by atoms with E-state index in [-0.39, 0.29) is 17.8 Å². The number of hydrogen-bond donors (Lipinski definition) is 1. The average Bonchev–Trinajstić information content (AvgIpc) is 3.27. The highest BCUT2D eigenvalue weighted by Crippen LogP contribution is 2.30. The number of benzene rings is 2. The molecule has 0 bridgehead atoms. The molecule has 1 amide bonds. The molecule has 0 aliphatic carbocycles. The molecule has 0 saturated carbocycles. The van der Waals surface area contributed by atoms with Crippen molar-refractivity contribution in [1.82, 2.24) is 5.32 Å². The van der Waals surface area contributed by atoms with Gasteiger partial charge >= 0.3 is 5.97 Å². The highest BCUT2D eigenvalue weighted by atomic mass is 35.5. The molecule has 1 saturated heterocycles. The average molecular weight is 443 g/mol. The summed E-state index contributed by atoms with van der Waals surface area (Å²) in [5, 5.41) is 2.85. The minimum absolute atomic E-state index is 0.0207. The number of halogens is 1. The summed E-state index contributed by atoms with van der Waals surface area (Å²) in [6, 6.07) is 13.3. The number of fused-ring (bicyclic) bond motifs is 1. The van der Waals surface area contributed by atoms with Crippen molar-refractivity contribution < 1.29 is 19.1 Å². The Morgan fingerprint density at radius 3 is 2.65 bits per heavy atom. The number of hydrogen-bond acceptors (Lipinski definition) is 5. The number of carbonyl (C=O) groups is 2. The Bertz CT molecular complexity index is 939. The molecular formula is C24H27ClN2O4. The molecule has 31 heavy (non-hydrogen) atoms. The van der Waals surface area contributed by atoms with Gasteiger partial charge in [0.05, 0.1) is 19.1 Å². The number of nitrogens with zero attached hydrogens (tertiary/aromatic N) is 1. The number of nitrogens with one attached hydrogen (secondary N) is 1. The van der Waals surface area contributed by atoms with Gasteiger partial charge in [-0.1, -0.05) is 17.7 Å². The summed E-state index contributed by atoms with van der Waals surface area (Å²) in [5.41, 5.74) is 2.95. The summed E-state index contributed by atoms with van der Waals surface area (Å²) in [6.07, 6.45) is 2.42. The van der Waals surface area contributed by atoms with Crippen LogP contribution in [-0.2, 0) is 16.0 Å². The summed E-state index contributed by atoms with van der Waals surface area (Å²) in [5.74, 6) is 0.554. The molecule has 164 valence electrons. The van der Waals surface area contributed by atoms with Gasteiger partial charge in [0.15, 0.2) is 0 Å². The van der Waals surface area contributed by atoms with E-state index in [2.05, 4.69) is 10.2 Å². The van der Waals surface area contributed by atoms with Crippen LogP contribution in [0.1, 0.15) is 46.8 Å². The van der Waals surface area contributed by atoms with Crippen LogP contribution < -0.4 is 15.0 Å². The number of carbonyl (C=O) groups excluding carboxylic acids is 2. The van der Waals surface area contributed by atoms with E-state index < -0.39 is 5.50 Å². The second-order valence-electron chi connectivity index (χ2n) is 7.86. The van der Waals surface area contributed by atoms with Gasteiger partial charge in [0.1, 0.15) is 11.3 Å². The third kappa shape index (κ3) is 4.96. The lowest BCUT2D eigenvalue weighted by molar-refractivity contribution is -0.148. The topological polar surface area (TPSA) is 67.9 Å². The van der Waals surface area contributed by atoms with Gasteiger partial charge in [0.2, 0.25) is 0 Å². The second-order valence-corrected chi connectivity index (χ2v) is 8.30. The lowest BCUT2D eigenvalue weighted by Gasteiger charge is -2.32. The molecule has 0 aromatic heterocycles. The van der Waals surface area contributed by atoms with Crippen LogP contribution in [0.3, 0.4) is 0 Å². The molecule has 1 N–H and O–H groups in total. The van der Waals surface area contributed by atoms with E-state index >= 15 is 0 Å². The molecular weight excluding hydrogens is 416 g/mol. The maximum atomic E-state index is 12.6. The number of esters is 1. The molecule has 6 nitrogen and oxygen atoms in total. The van der Waals surface area contributed by atoms with E-state index in [9.17, 15) is 9.59 Å². The second kappa shape index (κ2) is 9.60. The van der Waals surface area contributed by atoms with Crippen LogP contribution in [0.2, 0.25) is 0 Å². The van der Waals surface area contributed by atoms with Crippen LogP contribution >= 0.6 is 11.6 Å². The zero-order chi connectivity index (χ0) is 21.8. The maximum Gasteiger partial charge on any atom is 0.309 e. The summed E-state index contributed by atoms with van der Waals surface area (Å²) < 4.78 is 10.6. The molecule has 4 rings (SSSR count). The van der Waals surface area contributed by atoms with E-state index in [0.29, 0.717) is 18.8 Å². The lowest BCUT2D eigenvalue weighted by Crippen LogP contribution is -2.37. The molecule has 0 radical (unpaired) electrons.